The molecule has 1 aliphatic rings. The second-order valence-electron chi connectivity index (χ2n) is 6.21. The lowest BCUT2D eigenvalue weighted by atomic mass is 10.0. The van der Waals surface area contributed by atoms with Crippen molar-refractivity contribution in [1.82, 2.24) is 20.1 Å². The minimum Gasteiger partial charge on any atom is -0.487 e. The maximum Gasteiger partial charge on any atom is 0.151 e. The van der Waals surface area contributed by atoms with Crippen LogP contribution in [0.25, 0.3) is 0 Å². The highest BCUT2D eigenvalue weighted by molar-refractivity contribution is 5.45. The Labute approximate surface area is 125 Å². The van der Waals surface area contributed by atoms with E-state index in [1.165, 1.54) is 11.1 Å². The molecule has 3 rings (SSSR count). The molecule has 1 aromatic heterocycles. The van der Waals surface area contributed by atoms with Crippen molar-refractivity contribution in [3.63, 3.8) is 0 Å². The van der Waals surface area contributed by atoms with E-state index in [1.807, 2.05) is 7.05 Å². The van der Waals surface area contributed by atoms with Crippen LogP contribution in [0.1, 0.15) is 30.8 Å². The fraction of sp³-hybridized carbons (Fsp3) is 0.500. The summed E-state index contributed by atoms with van der Waals surface area (Å²) in [6.07, 6.45) is 3.55. The highest BCUT2D eigenvalue weighted by Crippen LogP contribution is 2.37. The number of rotatable bonds is 5. The average molecular weight is 286 g/mol. The van der Waals surface area contributed by atoms with Gasteiger partial charge in [-0.15, -0.1) is 0 Å². The van der Waals surface area contributed by atoms with Crippen LogP contribution in [0.15, 0.2) is 24.5 Å². The topological polar surface area (TPSA) is 52.0 Å². The zero-order valence-corrected chi connectivity index (χ0v) is 12.9. The van der Waals surface area contributed by atoms with Crippen LogP contribution in [0, 0.1) is 0 Å². The van der Waals surface area contributed by atoms with Gasteiger partial charge in [0.25, 0.3) is 0 Å². The number of para-hydroxylation sites is 1. The van der Waals surface area contributed by atoms with Crippen molar-refractivity contribution >= 4 is 0 Å². The normalized spacial score (nSPS) is 15.8. The number of fused-ring (bicyclic) bond motifs is 1. The predicted octanol–water partition coefficient (Wildman–Crippen LogP) is 1.86. The van der Waals surface area contributed by atoms with Crippen molar-refractivity contribution < 1.29 is 4.74 Å². The highest BCUT2D eigenvalue weighted by atomic mass is 16.5. The van der Waals surface area contributed by atoms with Gasteiger partial charge in [-0.05, 0) is 19.4 Å². The molecule has 5 nitrogen and oxygen atoms in total. The summed E-state index contributed by atoms with van der Waals surface area (Å²) in [6, 6.07) is 6.40. The summed E-state index contributed by atoms with van der Waals surface area (Å²) in [5.41, 5.74) is 2.45. The molecule has 0 radical (unpaired) electrons. The van der Waals surface area contributed by atoms with Gasteiger partial charge in [0.05, 0.1) is 0 Å². The molecule has 0 aliphatic carbocycles. The number of nitrogens with one attached hydrogen (secondary N) is 1. The fourth-order valence-corrected chi connectivity index (χ4v) is 2.74. The van der Waals surface area contributed by atoms with E-state index in [1.54, 1.807) is 11.0 Å². The van der Waals surface area contributed by atoms with Gasteiger partial charge < -0.3 is 10.1 Å². The van der Waals surface area contributed by atoms with E-state index in [9.17, 15) is 0 Å². The van der Waals surface area contributed by atoms with Crippen LogP contribution in [0.3, 0.4) is 0 Å². The Bertz CT molecular complexity index is 633. The second-order valence-corrected chi connectivity index (χ2v) is 6.21. The molecule has 0 spiro atoms. The molecular weight excluding hydrogens is 264 g/mol. The van der Waals surface area contributed by atoms with Crippen molar-refractivity contribution in [2.45, 2.75) is 38.8 Å². The van der Waals surface area contributed by atoms with Crippen LogP contribution in [-0.4, -0.2) is 26.9 Å². The molecule has 1 aromatic carbocycles. The summed E-state index contributed by atoms with van der Waals surface area (Å²) in [5, 5.41) is 7.72. The van der Waals surface area contributed by atoms with Gasteiger partial charge in [0.1, 0.15) is 17.7 Å². The minimum absolute atomic E-state index is 0.0870. The number of aromatic nitrogens is 3. The lowest BCUT2D eigenvalue weighted by Crippen LogP contribution is -2.25. The van der Waals surface area contributed by atoms with Gasteiger partial charge >= 0.3 is 0 Å². The maximum absolute atomic E-state index is 6.08. The second kappa shape index (κ2) is 5.48. The van der Waals surface area contributed by atoms with Crippen molar-refractivity contribution in [2.24, 2.45) is 7.05 Å². The zero-order valence-electron chi connectivity index (χ0n) is 12.9. The predicted molar refractivity (Wildman–Crippen MR) is 81.3 cm³/mol. The molecule has 0 amide bonds. The number of ether oxygens (including phenoxy) is 1. The third-order valence-corrected chi connectivity index (χ3v) is 3.66. The standard InChI is InChI=1S/C16H22N4O/c1-16(2)9-12-5-4-6-13(15(12)21-16)10-17-8-7-14-18-11-20(3)19-14/h4-6,11,17H,7-10H2,1-3H3. The summed E-state index contributed by atoms with van der Waals surface area (Å²) in [6.45, 7) is 5.94. The monoisotopic (exact) mass is 286 g/mol. The number of nitrogens with zero attached hydrogens (tertiary/aromatic N) is 3. The SMILES string of the molecule is Cn1cnc(CCNCc2cccc3c2OC(C)(C)C3)n1. The molecule has 0 saturated carbocycles. The van der Waals surface area contributed by atoms with Gasteiger partial charge in [0.2, 0.25) is 0 Å². The first-order chi connectivity index (χ1) is 10.0. The molecule has 0 atom stereocenters. The van der Waals surface area contributed by atoms with Crippen LogP contribution in [-0.2, 0) is 26.4 Å². The van der Waals surface area contributed by atoms with E-state index in [4.69, 9.17) is 4.74 Å². The van der Waals surface area contributed by atoms with Crippen LogP contribution in [0.5, 0.6) is 5.75 Å². The summed E-state index contributed by atoms with van der Waals surface area (Å²) in [7, 11) is 1.89. The largest absolute Gasteiger partial charge is 0.487 e. The molecule has 112 valence electrons. The molecule has 0 fully saturated rings. The van der Waals surface area contributed by atoms with Crippen LogP contribution in [0.4, 0.5) is 0 Å². The smallest absolute Gasteiger partial charge is 0.151 e. The third-order valence-electron chi connectivity index (χ3n) is 3.66. The minimum atomic E-state index is -0.0870. The first kappa shape index (κ1) is 14.1. The quantitative estimate of drug-likeness (QED) is 0.853. The Kier molecular flexibility index (Phi) is 3.68. The van der Waals surface area contributed by atoms with E-state index >= 15 is 0 Å². The van der Waals surface area contributed by atoms with Crippen molar-refractivity contribution in [3.8, 4) is 5.75 Å². The molecule has 0 saturated heterocycles. The third kappa shape index (κ3) is 3.24. The number of aryl methyl sites for hydroxylation is 1. The average Bonchev–Trinajstić information content (AvgIpc) is 2.96. The molecule has 1 N–H and O–H groups in total. The molecule has 1 aliphatic heterocycles. The Hall–Kier alpha value is -1.88. The molecule has 0 bridgehead atoms. The van der Waals surface area contributed by atoms with E-state index in [2.05, 4.69) is 47.4 Å². The molecule has 5 heteroatoms. The molecule has 2 aromatic rings. The number of benzene rings is 1. The summed E-state index contributed by atoms with van der Waals surface area (Å²) >= 11 is 0. The van der Waals surface area contributed by atoms with Gasteiger partial charge in [0.15, 0.2) is 5.82 Å². The Morgan fingerprint density at radius 1 is 1.38 bits per heavy atom. The molecule has 21 heavy (non-hydrogen) atoms. The lowest BCUT2D eigenvalue weighted by Gasteiger charge is -2.18. The number of hydrogen-bond donors (Lipinski definition) is 1. The summed E-state index contributed by atoms with van der Waals surface area (Å²) in [5.74, 6) is 1.94. The zero-order chi connectivity index (χ0) is 14.9. The Balaban J connectivity index is 1.56. The van der Waals surface area contributed by atoms with Gasteiger partial charge in [-0.3, -0.25) is 4.68 Å². The summed E-state index contributed by atoms with van der Waals surface area (Å²) in [4.78, 5) is 4.22. The lowest BCUT2D eigenvalue weighted by molar-refractivity contribution is 0.137. The van der Waals surface area contributed by atoms with Crippen molar-refractivity contribution in [3.05, 3.63) is 41.5 Å². The molecule has 2 heterocycles. The van der Waals surface area contributed by atoms with E-state index in [0.29, 0.717) is 0 Å². The van der Waals surface area contributed by atoms with Gasteiger partial charge in [-0.1, -0.05) is 18.2 Å². The summed E-state index contributed by atoms with van der Waals surface area (Å²) < 4.78 is 7.81. The molecular formula is C16H22N4O. The maximum atomic E-state index is 6.08. The van der Waals surface area contributed by atoms with Crippen LogP contribution < -0.4 is 10.1 Å². The first-order valence-electron chi connectivity index (χ1n) is 7.38. The van der Waals surface area contributed by atoms with Crippen LogP contribution in [0.2, 0.25) is 0 Å². The van der Waals surface area contributed by atoms with Crippen LogP contribution >= 0.6 is 0 Å². The Morgan fingerprint density at radius 3 is 3.00 bits per heavy atom. The van der Waals surface area contributed by atoms with E-state index < -0.39 is 0 Å². The highest BCUT2D eigenvalue weighted by Gasteiger charge is 2.31. The fourth-order valence-electron chi connectivity index (χ4n) is 2.74. The van der Waals surface area contributed by atoms with Crippen molar-refractivity contribution in [2.75, 3.05) is 6.54 Å². The van der Waals surface area contributed by atoms with Gasteiger partial charge in [0, 0.05) is 38.5 Å². The van der Waals surface area contributed by atoms with Gasteiger partial charge in [-0.2, -0.15) is 5.10 Å². The number of hydrogen-bond acceptors (Lipinski definition) is 4. The van der Waals surface area contributed by atoms with Crippen molar-refractivity contribution in [1.29, 1.82) is 0 Å². The first-order valence-corrected chi connectivity index (χ1v) is 7.38. The Morgan fingerprint density at radius 2 is 2.24 bits per heavy atom. The molecule has 0 unspecified atom stereocenters. The van der Waals surface area contributed by atoms with E-state index in [-0.39, 0.29) is 5.60 Å². The van der Waals surface area contributed by atoms with Gasteiger partial charge in [-0.25, -0.2) is 4.98 Å². The van der Waals surface area contributed by atoms with E-state index in [0.717, 1.165) is 37.5 Å².